The van der Waals surface area contributed by atoms with Crippen LogP contribution in [-0.4, -0.2) is 34.5 Å². The van der Waals surface area contributed by atoms with Crippen molar-refractivity contribution in [1.82, 2.24) is 15.2 Å². The minimum atomic E-state index is -0.537. The van der Waals surface area contributed by atoms with Crippen LogP contribution in [0.1, 0.15) is 15.9 Å². The molecule has 0 saturated carbocycles. The van der Waals surface area contributed by atoms with Crippen molar-refractivity contribution in [3.05, 3.63) is 75.2 Å². The highest BCUT2D eigenvalue weighted by atomic mass is 35.5. The number of methoxy groups -OCH3 is 1. The molecule has 0 aliphatic heterocycles. The highest BCUT2D eigenvalue weighted by molar-refractivity contribution is 6.30. The number of hydrogen-bond donors (Lipinski definition) is 2. The number of esters is 1. The molecule has 2 aromatic carbocycles. The Balaban J connectivity index is 1.71. The summed E-state index contributed by atoms with van der Waals surface area (Å²) in [4.78, 5) is 25.8. The van der Waals surface area contributed by atoms with Gasteiger partial charge in [-0.05, 0) is 48.0 Å². The van der Waals surface area contributed by atoms with Crippen LogP contribution in [0.5, 0.6) is 11.5 Å². The van der Waals surface area contributed by atoms with Crippen LogP contribution in [-0.2, 0) is 0 Å². The fourth-order valence-corrected chi connectivity index (χ4v) is 2.25. The third-order valence-corrected chi connectivity index (χ3v) is 3.68. The number of carbonyl (C=O) groups excluding carboxylic acids is 1. The second kappa shape index (κ2) is 8.78. The van der Waals surface area contributed by atoms with Gasteiger partial charge in [-0.3, -0.25) is 9.78 Å². The molecule has 0 atom stereocenters. The Morgan fingerprint density at radius 2 is 2.00 bits per heavy atom. The first-order valence-electron chi connectivity index (χ1n) is 7.92. The second-order valence-corrected chi connectivity index (χ2v) is 5.80. The van der Waals surface area contributed by atoms with Gasteiger partial charge in [0, 0.05) is 5.02 Å². The molecule has 0 spiro atoms. The lowest BCUT2D eigenvalue weighted by Gasteiger charge is -2.10. The number of hydrazone groups is 1. The van der Waals surface area contributed by atoms with Crippen LogP contribution in [0.3, 0.4) is 0 Å². The number of anilines is 1. The van der Waals surface area contributed by atoms with Gasteiger partial charge < -0.3 is 9.47 Å². The van der Waals surface area contributed by atoms with E-state index in [1.54, 1.807) is 42.5 Å². The van der Waals surface area contributed by atoms with Crippen LogP contribution >= 0.6 is 11.6 Å². The van der Waals surface area contributed by atoms with Crippen molar-refractivity contribution in [2.45, 2.75) is 0 Å². The van der Waals surface area contributed by atoms with Gasteiger partial charge in [0.2, 0.25) is 5.95 Å². The minimum Gasteiger partial charge on any atom is -0.493 e. The van der Waals surface area contributed by atoms with E-state index in [9.17, 15) is 9.59 Å². The van der Waals surface area contributed by atoms with Gasteiger partial charge >= 0.3 is 5.97 Å². The maximum Gasteiger partial charge on any atom is 0.343 e. The number of rotatable bonds is 6. The average Bonchev–Trinajstić information content (AvgIpc) is 2.69. The quantitative estimate of drug-likeness (QED) is 0.283. The standard InChI is InChI=1S/C18H14ClN5O4/c1-27-15-8-11(9-20-23-18-22-16(25)10-21-24-18)2-7-14(15)28-17(26)12-3-5-13(19)6-4-12/h2-10H,1H3,(H2,22,23,24,25)/b20-9+. The van der Waals surface area contributed by atoms with Crippen LogP contribution in [0.25, 0.3) is 0 Å². The fourth-order valence-electron chi connectivity index (χ4n) is 2.12. The summed E-state index contributed by atoms with van der Waals surface area (Å²) in [6.45, 7) is 0. The summed E-state index contributed by atoms with van der Waals surface area (Å²) in [6, 6.07) is 11.2. The van der Waals surface area contributed by atoms with E-state index in [0.29, 0.717) is 21.9 Å². The summed E-state index contributed by atoms with van der Waals surface area (Å²) in [6.07, 6.45) is 2.52. The van der Waals surface area contributed by atoms with Crippen molar-refractivity contribution in [2.24, 2.45) is 5.10 Å². The van der Waals surface area contributed by atoms with E-state index >= 15 is 0 Å². The third-order valence-electron chi connectivity index (χ3n) is 3.43. The zero-order chi connectivity index (χ0) is 19.9. The third kappa shape index (κ3) is 4.92. The lowest BCUT2D eigenvalue weighted by atomic mass is 10.2. The highest BCUT2D eigenvalue weighted by Crippen LogP contribution is 2.28. The molecule has 0 bridgehead atoms. The number of aromatic amines is 1. The highest BCUT2D eigenvalue weighted by Gasteiger charge is 2.12. The number of H-pyrrole nitrogens is 1. The second-order valence-electron chi connectivity index (χ2n) is 5.36. The molecule has 9 nitrogen and oxygen atoms in total. The van der Waals surface area contributed by atoms with Crippen molar-refractivity contribution < 1.29 is 14.3 Å². The number of carbonyl (C=O) groups is 1. The van der Waals surface area contributed by atoms with Gasteiger partial charge in [0.25, 0.3) is 5.56 Å². The predicted octanol–water partition coefficient (Wildman–Crippen LogP) is 2.49. The van der Waals surface area contributed by atoms with Gasteiger partial charge in [-0.15, -0.1) is 10.2 Å². The van der Waals surface area contributed by atoms with E-state index in [-0.39, 0.29) is 11.7 Å². The average molecular weight is 400 g/mol. The van der Waals surface area contributed by atoms with E-state index in [2.05, 4.69) is 25.7 Å². The van der Waals surface area contributed by atoms with Crippen LogP contribution in [0, 0.1) is 0 Å². The smallest absolute Gasteiger partial charge is 0.343 e. The van der Waals surface area contributed by atoms with Gasteiger partial charge in [-0.2, -0.15) is 5.10 Å². The van der Waals surface area contributed by atoms with E-state index in [1.165, 1.54) is 13.3 Å². The molecular formula is C18H14ClN5O4. The molecular weight excluding hydrogens is 386 g/mol. The molecule has 0 aliphatic carbocycles. The lowest BCUT2D eigenvalue weighted by molar-refractivity contribution is 0.0729. The predicted molar refractivity (Wildman–Crippen MR) is 103 cm³/mol. The Kier molecular flexibility index (Phi) is 5.97. The van der Waals surface area contributed by atoms with E-state index in [1.807, 2.05) is 0 Å². The molecule has 1 aromatic heterocycles. The number of ether oxygens (including phenoxy) is 2. The first-order chi connectivity index (χ1) is 13.5. The zero-order valence-electron chi connectivity index (χ0n) is 14.5. The fraction of sp³-hybridized carbons (Fsp3) is 0.0556. The Hall–Kier alpha value is -3.72. The van der Waals surface area contributed by atoms with E-state index in [0.717, 1.165) is 6.20 Å². The van der Waals surface area contributed by atoms with Crippen LogP contribution in [0.2, 0.25) is 5.02 Å². The normalized spacial score (nSPS) is 10.6. The molecule has 0 radical (unpaired) electrons. The number of nitrogens with zero attached hydrogens (tertiary/aromatic N) is 3. The molecule has 0 amide bonds. The Morgan fingerprint density at radius 1 is 1.21 bits per heavy atom. The number of nitrogens with one attached hydrogen (secondary N) is 2. The lowest BCUT2D eigenvalue weighted by Crippen LogP contribution is -2.10. The summed E-state index contributed by atoms with van der Waals surface area (Å²) in [5.41, 5.74) is 3.16. The van der Waals surface area contributed by atoms with Crippen LogP contribution < -0.4 is 20.5 Å². The zero-order valence-corrected chi connectivity index (χ0v) is 15.3. The summed E-state index contributed by atoms with van der Waals surface area (Å²) < 4.78 is 10.7. The van der Waals surface area contributed by atoms with Crippen molar-refractivity contribution >= 4 is 29.7 Å². The monoisotopic (exact) mass is 399 g/mol. The Morgan fingerprint density at radius 3 is 2.71 bits per heavy atom. The number of hydrogen-bond acceptors (Lipinski definition) is 8. The number of aromatic nitrogens is 3. The maximum atomic E-state index is 12.2. The minimum absolute atomic E-state index is 0.101. The molecule has 0 unspecified atom stereocenters. The summed E-state index contributed by atoms with van der Waals surface area (Å²) in [5.74, 6) is 0.166. The van der Waals surface area contributed by atoms with Crippen LogP contribution in [0.4, 0.5) is 5.95 Å². The molecule has 0 fully saturated rings. The van der Waals surface area contributed by atoms with Crippen molar-refractivity contribution in [2.75, 3.05) is 12.5 Å². The molecule has 0 aliphatic rings. The summed E-state index contributed by atoms with van der Waals surface area (Å²) >= 11 is 5.82. The van der Waals surface area contributed by atoms with Crippen molar-refractivity contribution in [1.29, 1.82) is 0 Å². The molecule has 2 N–H and O–H groups in total. The Labute approximate surface area is 164 Å². The van der Waals surface area contributed by atoms with Gasteiger partial charge in [-0.25, -0.2) is 10.2 Å². The summed E-state index contributed by atoms with van der Waals surface area (Å²) in [5, 5.41) is 11.6. The van der Waals surface area contributed by atoms with Crippen LogP contribution in [0.15, 0.2) is 58.6 Å². The maximum absolute atomic E-state index is 12.2. The number of halogens is 1. The van der Waals surface area contributed by atoms with Gasteiger partial charge in [0.05, 0.1) is 18.9 Å². The molecule has 142 valence electrons. The molecule has 0 saturated heterocycles. The summed E-state index contributed by atoms with van der Waals surface area (Å²) in [7, 11) is 1.46. The largest absolute Gasteiger partial charge is 0.493 e. The van der Waals surface area contributed by atoms with Gasteiger partial charge in [0.15, 0.2) is 11.5 Å². The SMILES string of the molecule is COc1cc(/C=N/Nc2nncc(=O)[nH]2)ccc1OC(=O)c1ccc(Cl)cc1. The van der Waals surface area contributed by atoms with Crippen molar-refractivity contribution in [3.63, 3.8) is 0 Å². The molecule has 3 aromatic rings. The molecule has 10 heteroatoms. The molecule has 3 rings (SSSR count). The van der Waals surface area contributed by atoms with Gasteiger partial charge in [-0.1, -0.05) is 11.6 Å². The first kappa shape index (κ1) is 19.1. The Bertz CT molecular complexity index is 1070. The van der Waals surface area contributed by atoms with Gasteiger partial charge in [0.1, 0.15) is 6.20 Å². The van der Waals surface area contributed by atoms with Crippen molar-refractivity contribution in [3.8, 4) is 11.5 Å². The topological polar surface area (TPSA) is 119 Å². The first-order valence-corrected chi connectivity index (χ1v) is 8.30. The number of benzene rings is 2. The molecule has 1 heterocycles. The van der Waals surface area contributed by atoms with E-state index in [4.69, 9.17) is 21.1 Å². The van der Waals surface area contributed by atoms with E-state index < -0.39 is 11.5 Å². The molecule has 28 heavy (non-hydrogen) atoms.